The summed E-state index contributed by atoms with van der Waals surface area (Å²) in [6, 6.07) is 9.47. The van der Waals surface area contributed by atoms with E-state index < -0.39 is 0 Å². The number of benzene rings is 1. The average Bonchev–Trinajstić information content (AvgIpc) is 3.00. The average molecular weight is 363 g/mol. The highest BCUT2D eigenvalue weighted by atomic mass is 35.5. The van der Waals surface area contributed by atoms with Crippen LogP contribution in [0.4, 0.5) is 5.88 Å². The molecule has 1 aromatic carbocycles. The van der Waals surface area contributed by atoms with Crippen molar-refractivity contribution in [1.82, 2.24) is 15.0 Å². The van der Waals surface area contributed by atoms with E-state index in [1.807, 2.05) is 32.0 Å². The molecule has 1 saturated heterocycles. The summed E-state index contributed by atoms with van der Waals surface area (Å²) in [4.78, 5) is 16.9. The number of amides is 1. The van der Waals surface area contributed by atoms with Gasteiger partial charge in [-0.2, -0.15) is 0 Å². The molecule has 1 aromatic heterocycles. The van der Waals surface area contributed by atoms with Crippen LogP contribution in [0.3, 0.4) is 0 Å². The highest BCUT2D eigenvalue weighted by Gasteiger charge is 2.26. The lowest BCUT2D eigenvalue weighted by molar-refractivity contribution is -0.121. The molecule has 1 atom stereocenters. The molecule has 1 N–H and O–H groups in total. The number of carbonyl (C=O) groups excluding carboxylic acids is 1. The number of aromatic nitrogens is 1. The zero-order valence-corrected chi connectivity index (χ0v) is 15.3. The summed E-state index contributed by atoms with van der Waals surface area (Å²) < 4.78 is 5.05. The third kappa shape index (κ3) is 4.81. The van der Waals surface area contributed by atoms with Crippen molar-refractivity contribution in [3.05, 3.63) is 46.6 Å². The lowest BCUT2D eigenvalue weighted by Gasteiger charge is -2.37. The minimum Gasteiger partial charge on any atom is -0.338 e. The molecule has 1 amide bonds. The van der Waals surface area contributed by atoms with Gasteiger partial charge in [0.05, 0.1) is 11.7 Å². The third-order valence-corrected chi connectivity index (χ3v) is 4.74. The smallest absolute Gasteiger partial charge is 0.243 e. The number of aryl methyl sites for hydroxylation is 1. The summed E-state index contributed by atoms with van der Waals surface area (Å²) in [5.74, 6) is 0.327. The normalized spacial score (nSPS) is 17.4. The van der Waals surface area contributed by atoms with Crippen LogP contribution in [-0.4, -0.2) is 53.1 Å². The molecule has 1 aliphatic rings. The van der Waals surface area contributed by atoms with Crippen molar-refractivity contribution in [2.45, 2.75) is 26.4 Å². The first-order chi connectivity index (χ1) is 12.0. The van der Waals surface area contributed by atoms with Crippen LogP contribution in [0.15, 0.2) is 34.9 Å². The van der Waals surface area contributed by atoms with Gasteiger partial charge in [0.1, 0.15) is 0 Å². The fraction of sp³-hybridized carbons (Fsp3) is 0.444. The van der Waals surface area contributed by atoms with Gasteiger partial charge in [0, 0.05) is 43.8 Å². The zero-order chi connectivity index (χ0) is 17.8. The number of halogens is 1. The number of piperazine rings is 1. The molecule has 2 heterocycles. The van der Waals surface area contributed by atoms with Crippen LogP contribution in [0.25, 0.3) is 0 Å². The molecule has 3 rings (SSSR count). The number of nitrogens with zero attached hydrogens (tertiary/aromatic N) is 3. The van der Waals surface area contributed by atoms with Gasteiger partial charge in [0.2, 0.25) is 11.8 Å². The second kappa shape index (κ2) is 7.99. The van der Waals surface area contributed by atoms with E-state index in [0.717, 1.165) is 43.4 Å². The molecule has 1 fully saturated rings. The number of carbonyl (C=O) groups is 1. The summed E-state index contributed by atoms with van der Waals surface area (Å²) in [5, 5.41) is 7.32. The minimum atomic E-state index is -0.210. The van der Waals surface area contributed by atoms with E-state index in [0.29, 0.717) is 5.88 Å². The fourth-order valence-electron chi connectivity index (χ4n) is 3.02. The molecule has 2 aromatic rings. The van der Waals surface area contributed by atoms with Crippen molar-refractivity contribution in [3.8, 4) is 0 Å². The second-order valence-corrected chi connectivity index (χ2v) is 6.88. The Hall–Kier alpha value is -1.89. The summed E-state index contributed by atoms with van der Waals surface area (Å²) in [7, 11) is 0. The molecule has 0 aliphatic carbocycles. The van der Waals surface area contributed by atoms with E-state index in [9.17, 15) is 4.79 Å². The van der Waals surface area contributed by atoms with Gasteiger partial charge in [-0.3, -0.25) is 19.9 Å². The molecule has 6 nitrogen and oxygen atoms in total. The van der Waals surface area contributed by atoms with E-state index in [2.05, 4.69) is 26.3 Å². The molecular weight excluding hydrogens is 340 g/mol. The summed E-state index contributed by atoms with van der Waals surface area (Å²) in [6.07, 6.45) is 0. The zero-order valence-electron chi connectivity index (χ0n) is 14.5. The summed E-state index contributed by atoms with van der Waals surface area (Å²) in [5.41, 5.74) is 1.96. The first kappa shape index (κ1) is 17.9. The van der Waals surface area contributed by atoms with Crippen molar-refractivity contribution < 1.29 is 9.32 Å². The van der Waals surface area contributed by atoms with E-state index >= 15 is 0 Å². The number of rotatable bonds is 5. The van der Waals surface area contributed by atoms with Crippen molar-refractivity contribution in [3.63, 3.8) is 0 Å². The quantitative estimate of drug-likeness (QED) is 0.886. The van der Waals surface area contributed by atoms with Crippen LogP contribution in [0.1, 0.15) is 18.2 Å². The molecule has 0 radical (unpaired) electrons. The van der Waals surface area contributed by atoms with E-state index in [1.165, 1.54) is 5.56 Å². The first-order valence-electron chi connectivity index (χ1n) is 8.46. The van der Waals surface area contributed by atoms with Crippen LogP contribution in [-0.2, 0) is 11.3 Å². The third-order valence-electron chi connectivity index (χ3n) is 4.50. The van der Waals surface area contributed by atoms with E-state index in [4.69, 9.17) is 16.1 Å². The molecule has 25 heavy (non-hydrogen) atoms. The molecule has 0 spiro atoms. The topological polar surface area (TPSA) is 61.6 Å². The molecule has 1 unspecified atom stereocenters. The van der Waals surface area contributed by atoms with Crippen molar-refractivity contribution in [2.75, 3.05) is 31.5 Å². The SMILES string of the molecule is Cc1cc(NC(=O)C(C)N2CCN(Cc3cccc(Cl)c3)CC2)on1. The maximum absolute atomic E-state index is 12.4. The Labute approximate surface area is 152 Å². The first-order valence-corrected chi connectivity index (χ1v) is 8.84. The van der Waals surface area contributed by atoms with Gasteiger partial charge >= 0.3 is 0 Å². The summed E-state index contributed by atoms with van der Waals surface area (Å²) >= 11 is 6.05. The molecule has 0 bridgehead atoms. The number of anilines is 1. The summed E-state index contributed by atoms with van der Waals surface area (Å²) in [6.45, 7) is 8.17. The predicted octanol–water partition coefficient (Wildman–Crippen LogP) is 2.78. The fourth-order valence-corrected chi connectivity index (χ4v) is 3.23. The minimum absolute atomic E-state index is 0.0700. The lowest BCUT2D eigenvalue weighted by atomic mass is 10.1. The van der Waals surface area contributed by atoms with Gasteiger partial charge in [-0.15, -0.1) is 0 Å². The van der Waals surface area contributed by atoms with Crippen molar-refractivity contribution >= 4 is 23.4 Å². The maximum Gasteiger partial charge on any atom is 0.243 e. The van der Waals surface area contributed by atoms with Gasteiger partial charge in [0.15, 0.2) is 0 Å². The standard InChI is InChI=1S/C18H23ClN4O2/c1-13-10-17(25-21-13)20-18(24)14(2)23-8-6-22(7-9-23)12-15-4-3-5-16(19)11-15/h3-5,10-11,14H,6-9,12H2,1-2H3,(H,20,24). The van der Waals surface area contributed by atoms with Crippen LogP contribution < -0.4 is 5.32 Å². The van der Waals surface area contributed by atoms with Gasteiger partial charge in [-0.25, -0.2) is 0 Å². The van der Waals surface area contributed by atoms with Gasteiger partial charge in [0.25, 0.3) is 0 Å². The van der Waals surface area contributed by atoms with Gasteiger partial charge in [-0.05, 0) is 31.5 Å². The molecule has 1 aliphatic heterocycles. The highest BCUT2D eigenvalue weighted by molar-refractivity contribution is 6.30. The van der Waals surface area contributed by atoms with Crippen LogP contribution in [0.5, 0.6) is 0 Å². The van der Waals surface area contributed by atoms with Crippen LogP contribution in [0, 0.1) is 6.92 Å². The Bertz CT molecular complexity index is 725. The predicted molar refractivity (Wildman–Crippen MR) is 97.6 cm³/mol. The monoisotopic (exact) mass is 362 g/mol. The number of hydrogen-bond acceptors (Lipinski definition) is 5. The second-order valence-electron chi connectivity index (χ2n) is 6.44. The number of nitrogens with one attached hydrogen (secondary N) is 1. The van der Waals surface area contributed by atoms with Crippen molar-refractivity contribution in [2.24, 2.45) is 0 Å². The Balaban J connectivity index is 1.48. The Morgan fingerprint density at radius 3 is 2.72 bits per heavy atom. The molecule has 0 saturated carbocycles. The number of hydrogen-bond donors (Lipinski definition) is 1. The lowest BCUT2D eigenvalue weighted by Crippen LogP contribution is -2.52. The largest absolute Gasteiger partial charge is 0.338 e. The van der Waals surface area contributed by atoms with E-state index in [-0.39, 0.29) is 11.9 Å². The van der Waals surface area contributed by atoms with Gasteiger partial charge in [-0.1, -0.05) is 28.9 Å². The Morgan fingerprint density at radius 1 is 1.32 bits per heavy atom. The van der Waals surface area contributed by atoms with Gasteiger partial charge < -0.3 is 4.52 Å². The maximum atomic E-state index is 12.4. The highest BCUT2D eigenvalue weighted by Crippen LogP contribution is 2.15. The van der Waals surface area contributed by atoms with E-state index in [1.54, 1.807) is 6.07 Å². The Morgan fingerprint density at radius 2 is 2.08 bits per heavy atom. The van der Waals surface area contributed by atoms with Crippen LogP contribution in [0.2, 0.25) is 5.02 Å². The Kier molecular flexibility index (Phi) is 5.73. The van der Waals surface area contributed by atoms with Crippen molar-refractivity contribution in [1.29, 1.82) is 0 Å². The molecule has 134 valence electrons. The molecule has 7 heteroatoms. The van der Waals surface area contributed by atoms with Crippen LogP contribution >= 0.6 is 11.6 Å². The molecular formula is C18H23ClN4O2.